The number of anilines is 2. The van der Waals surface area contributed by atoms with E-state index in [-0.39, 0.29) is 29.9 Å². The molecule has 12 nitrogen and oxygen atoms in total. The molecule has 1 atom stereocenters. The van der Waals surface area contributed by atoms with Crippen LogP contribution in [0.25, 0.3) is 11.1 Å². The van der Waals surface area contributed by atoms with Crippen LogP contribution in [0.2, 0.25) is 0 Å². The van der Waals surface area contributed by atoms with Gasteiger partial charge in [-0.3, -0.25) is 9.53 Å². The van der Waals surface area contributed by atoms with Crippen LogP contribution in [0.1, 0.15) is 22.8 Å². The zero-order valence-corrected chi connectivity index (χ0v) is 22.4. The fourth-order valence-corrected chi connectivity index (χ4v) is 3.77. The van der Waals surface area contributed by atoms with Crippen LogP contribution in [0.15, 0.2) is 61.4 Å². The Morgan fingerprint density at radius 1 is 1.12 bits per heavy atom. The molecule has 4 rings (SSSR count). The summed E-state index contributed by atoms with van der Waals surface area (Å²) in [5, 5.41) is 18.9. The first-order valence-corrected chi connectivity index (χ1v) is 12.4. The molecule has 0 aliphatic rings. The molecule has 0 unspecified atom stereocenters. The number of nitriles is 1. The Morgan fingerprint density at radius 2 is 1.90 bits per heavy atom. The second-order valence-electron chi connectivity index (χ2n) is 8.75. The third-order valence-corrected chi connectivity index (χ3v) is 5.69. The molecule has 0 bridgehead atoms. The number of amides is 1. The van der Waals surface area contributed by atoms with Gasteiger partial charge in [-0.15, -0.1) is 13.2 Å². The molecule has 2 N–H and O–H groups in total. The highest BCUT2D eigenvalue weighted by atomic mass is 19.4. The predicted octanol–water partition coefficient (Wildman–Crippen LogP) is 4.09. The van der Waals surface area contributed by atoms with Crippen molar-refractivity contribution in [2.45, 2.75) is 25.9 Å². The minimum absolute atomic E-state index is 0.176. The Morgan fingerprint density at radius 3 is 2.57 bits per heavy atom. The lowest BCUT2D eigenvalue weighted by molar-refractivity contribution is -0.323. The van der Waals surface area contributed by atoms with Gasteiger partial charge in [0.1, 0.15) is 36.3 Å². The topological polar surface area (TPSA) is 149 Å². The van der Waals surface area contributed by atoms with Crippen LogP contribution in [0.3, 0.4) is 0 Å². The van der Waals surface area contributed by atoms with E-state index in [9.17, 15) is 23.2 Å². The van der Waals surface area contributed by atoms with Crippen molar-refractivity contribution in [1.29, 1.82) is 5.26 Å². The van der Waals surface area contributed by atoms with Crippen molar-refractivity contribution in [2.75, 3.05) is 25.6 Å². The van der Waals surface area contributed by atoms with E-state index >= 15 is 0 Å². The van der Waals surface area contributed by atoms with Crippen molar-refractivity contribution in [2.24, 2.45) is 0 Å². The number of hydrogen-bond donors (Lipinski definition) is 2. The fraction of sp³-hybridized carbons (Fsp3) is 0.259. The molecule has 0 aliphatic carbocycles. The second kappa shape index (κ2) is 13.4. The number of ether oxygens (including phenoxy) is 3. The first kappa shape index (κ1) is 29.7. The van der Waals surface area contributed by atoms with Crippen LogP contribution >= 0.6 is 0 Å². The zero-order chi connectivity index (χ0) is 30.1. The van der Waals surface area contributed by atoms with Gasteiger partial charge in [0, 0.05) is 30.1 Å². The summed E-state index contributed by atoms with van der Waals surface area (Å²) in [6.45, 7) is 1.28. The third-order valence-electron chi connectivity index (χ3n) is 5.69. The van der Waals surface area contributed by atoms with E-state index in [1.807, 2.05) is 6.92 Å². The standard InChI is InChI=1S/C27H25F3N8O4/c1-17(14-38-16-32-15-36-38)42-23-9-18(3-4-20(23)11-31)21-12-34-26(35-13-21)37-22-6-5-19(10-24(22)40-2)25(39)33-7-8-41-27(28,29)30/h3-6,9-10,12-13,15-17H,7-8,14H2,1-2H3,(H,33,39)(H,34,35,37)/t17-/m0/s1. The van der Waals surface area contributed by atoms with E-state index in [1.54, 1.807) is 47.7 Å². The highest BCUT2D eigenvalue weighted by Gasteiger charge is 2.28. The third kappa shape index (κ3) is 8.15. The number of nitrogens with one attached hydrogen (secondary N) is 2. The maximum Gasteiger partial charge on any atom is 0.522 e. The largest absolute Gasteiger partial charge is 0.522 e. The van der Waals surface area contributed by atoms with Gasteiger partial charge in [-0.05, 0) is 42.8 Å². The number of methoxy groups -OCH3 is 1. The summed E-state index contributed by atoms with van der Waals surface area (Å²) in [6, 6.07) is 11.8. The minimum Gasteiger partial charge on any atom is -0.495 e. The SMILES string of the molecule is COc1cc(C(=O)NCCOC(F)(F)F)ccc1Nc1ncc(-c2ccc(C#N)c(O[C@@H](C)Cn3cncn3)c2)cn1. The molecule has 0 radical (unpaired) electrons. The lowest BCUT2D eigenvalue weighted by atomic mass is 10.1. The molecule has 4 aromatic rings. The summed E-state index contributed by atoms with van der Waals surface area (Å²) >= 11 is 0. The van der Waals surface area contributed by atoms with Crippen molar-refractivity contribution < 1.29 is 32.2 Å². The van der Waals surface area contributed by atoms with E-state index in [0.717, 1.165) is 5.56 Å². The lowest BCUT2D eigenvalue weighted by Crippen LogP contribution is -2.29. The number of alkyl halides is 3. The van der Waals surface area contributed by atoms with E-state index in [0.29, 0.717) is 29.1 Å². The van der Waals surface area contributed by atoms with Crippen LogP contribution < -0.4 is 20.1 Å². The molecule has 0 saturated heterocycles. The molecule has 2 aromatic carbocycles. The van der Waals surface area contributed by atoms with Crippen molar-refractivity contribution in [3.63, 3.8) is 0 Å². The van der Waals surface area contributed by atoms with E-state index < -0.39 is 18.9 Å². The average Bonchev–Trinajstić information content (AvgIpc) is 3.48. The predicted molar refractivity (Wildman–Crippen MR) is 143 cm³/mol. The molecule has 1 amide bonds. The molecule has 0 fully saturated rings. The highest BCUT2D eigenvalue weighted by molar-refractivity contribution is 5.95. The van der Waals surface area contributed by atoms with Crippen molar-refractivity contribution in [3.8, 4) is 28.7 Å². The van der Waals surface area contributed by atoms with Gasteiger partial charge >= 0.3 is 6.36 Å². The lowest BCUT2D eigenvalue weighted by Gasteiger charge is -2.16. The number of hydrogen-bond acceptors (Lipinski definition) is 10. The summed E-state index contributed by atoms with van der Waals surface area (Å²) in [5.74, 6) is 0.345. The molecule has 42 heavy (non-hydrogen) atoms. The van der Waals surface area contributed by atoms with Gasteiger partial charge in [0.05, 0.1) is 31.5 Å². The molecular formula is C27H25F3N8O4. The Kier molecular flexibility index (Phi) is 9.50. The fourth-order valence-electron chi connectivity index (χ4n) is 3.77. The summed E-state index contributed by atoms with van der Waals surface area (Å²) in [7, 11) is 1.40. The normalized spacial score (nSPS) is 11.8. The second-order valence-corrected chi connectivity index (χ2v) is 8.75. The van der Waals surface area contributed by atoms with Gasteiger partial charge in [-0.1, -0.05) is 6.07 Å². The highest BCUT2D eigenvalue weighted by Crippen LogP contribution is 2.30. The van der Waals surface area contributed by atoms with Gasteiger partial charge in [-0.25, -0.2) is 19.6 Å². The number of benzene rings is 2. The number of halogens is 3. The monoisotopic (exact) mass is 582 g/mol. The Balaban J connectivity index is 1.41. The quantitative estimate of drug-likeness (QED) is 0.234. The molecule has 2 heterocycles. The maximum atomic E-state index is 12.3. The molecule has 0 aliphatic heterocycles. The number of aromatic nitrogens is 5. The number of carbonyl (C=O) groups excluding carboxylic acids is 1. The first-order valence-electron chi connectivity index (χ1n) is 12.4. The average molecular weight is 583 g/mol. The van der Waals surface area contributed by atoms with Gasteiger partial charge in [-0.2, -0.15) is 10.4 Å². The molecular weight excluding hydrogens is 557 g/mol. The van der Waals surface area contributed by atoms with Gasteiger partial charge in [0.15, 0.2) is 0 Å². The molecule has 15 heteroatoms. The summed E-state index contributed by atoms with van der Waals surface area (Å²) < 4.78 is 52.9. The van der Waals surface area contributed by atoms with E-state index in [2.05, 4.69) is 41.5 Å². The van der Waals surface area contributed by atoms with Crippen LogP contribution in [0.5, 0.6) is 11.5 Å². The smallest absolute Gasteiger partial charge is 0.495 e. The maximum absolute atomic E-state index is 12.3. The van der Waals surface area contributed by atoms with Gasteiger partial charge in [0.25, 0.3) is 5.91 Å². The zero-order valence-electron chi connectivity index (χ0n) is 22.4. The Hall–Kier alpha value is -5.23. The summed E-state index contributed by atoms with van der Waals surface area (Å²) in [4.78, 5) is 24.9. The van der Waals surface area contributed by atoms with Gasteiger partial charge in [0.2, 0.25) is 5.95 Å². The van der Waals surface area contributed by atoms with Crippen LogP contribution in [-0.2, 0) is 11.3 Å². The van der Waals surface area contributed by atoms with E-state index in [4.69, 9.17) is 9.47 Å². The molecule has 218 valence electrons. The van der Waals surface area contributed by atoms with Gasteiger partial charge < -0.3 is 20.1 Å². The molecule has 2 aromatic heterocycles. The summed E-state index contributed by atoms with van der Waals surface area (Å²) in [6.07, 6.45) is 1.15. The number of carbonyl (C=O) groups is 1. The number of rotatable bonds is 12. The van der Waals surface area contributed by atoms with Crippen molar-refractivity contribution >= 4 is 17.5 Å². The number of nitrogens with zero attached hydrogens (tertiary/aromatic N) is 6. The Labute approximate surface area is 238 Å². The molecule has 0 spiro atoms. The Bertz CT molecular complexity index is 1540. The van der Waals surface area contributed by atoms with Crippen LogP contribution in [-0.4, -0.2) is 63.4 Å². The van der Waals surface area contributed by atoms with E-state index in [1.165, 1.54) is 25.6 Å². The van der Waals surface area contributed by atoms with Crippen LogP contribution in [0, 0.1) is 11.3 Å². The van der Waals surface area contributed by atoms with Crippen molar-refractivity contribution in [3.05, 3.63) is 72.6 Å². The van der Waals surface area contributed by atoms with Crippen LogP contribution in [0.4, 0.5) is 24.8 Å². The van der Waals surface area contributed by atoms with Crippen molar-refractivity contribution in [1.82, 2.24) is 30.0 Å². The minimum atomic E-state index is -4.76. The first-order chi connectivity index (χ1) is 20.1. The summed E-state index contributed by atoms with van der Waals surface area (Å²) in [5.41, 5.74) is 2.42. The molecule has 0 saturated carbocycles.